The highest BCUT2D eigenvalue weighted by atomic mass is 32.2. The van der Waals surface area contributed by atoms with Crippen molar-refractivity contribution in [1.82, 2.24) is 19.9 Å². The zero-order chi connectivity index (χ0) is 34.4. The minimum Gasteiger partial charge on any atom is -0.378 e. The van der Waals surface area contributed by atoms with Crippen molar-refractivity contribution in [2.45, 2.75) is 75.4 Å². The minimum absolute atomic E-state index is 0.0727. The van der Waals surface area contributed by atoms with Gasteiger partial charge in [-0.15, -0.1) is 0 Å². The van der Waals surface area contributed by atoms with E-state index < -0.39 is 22.1 Å². The van der Waals surface area contributed by atoms with Crippen LogP contribution < -0.4 is 15.1 Å². The molecule has 4 fully saturated rings. The molecule has 1 N–H and O–H groups in total. The molecule has 4 saturated heterocycles. The molecule has 1 amide bonds. The molecule has 3 aromatic rings. The summed E-state index contributed by atoms with van der Waals surface area (Å²) in [5, 5.41) is 5.12. The maximum atomic E-state index is 14.7. The van der Waals surface area contributed by atoms with E-state index in [1.807, 2.05) is 16.0 Å². The van der Waals surface area contributed by atoms with E-state index in [1.54, 1.807) is 12.3 Å². The predicted molar refractivity (Wildman–Crippen MR) is 190 cm³/mol. The van der Waals surface area contributed by atoms with E-state index >= 15 is 0 Å². The number of ether oxygens (including phenoxy) is 1. The van der Waals surface area contributed by atoms with Gasteiger partial charge in [0.25, 0.3) is 0 Å². The monoisotopic (exact) mass is 691 g/mol. The maximum absolute atomic E-state index is 14.7. The molecule has 4 atom stereocenters. The minimum atomic E-state index is -3.04. The first-order valence-corrected chi connectivity index (χ1v) is 19.2. The number of fused-ring (bicyclic) bond motifs is 1. The lowest BCUT2D eigenvalue weighted by molar-refractivity contribution is -0.126. The molecule has 0 spiro atoms. The molecule has 7 rings (SSSR count). The number of sulfone groups is 1. The number of likely N-dealkylation sites (tertiary alicyclic amines) is 1. The number of pyridine rings is 1. The Labute approximate surface area is 287 Å². The van der Waals surface area contributed by atoms with Crippen molar-refractivity contribution in [3.05, 3.63) is 54.4 Å². The number of carbonyl (C=O) groups is 1. The zero-order valence-electron chi connectivity index (χ0n) is 28.5. The van der Waals surface area contributed by atoms with Gasteiger partial charge in [-0.3, -0.25) is 4.79 Å². The highest BCUT2D eigenvalue weighted by Crippen LogP contribution is 2.46. The lowest BCUT2D eigenvalue weighted by Gasteiger charge is -2.44. The number of amides is 1. The van der Waals surface area contributed by atoms with E-state index in [4.69, 9.17) is 14.7 Å². The molecule has 0 aliphatic carbocycles. The highest BCUT2D eigenvalue weighted by Gasteiger charge is 2.44. The third kappa shape index (κ3) is 6.35. The normalized spacial score (nSPS) is 25.6. The standard InChI is InChI=1S/C36H46FN7O4S/c1-5-34(45)44-13-6-8-28(44)25-16-29(43-19-23(20-43)31-9-7-15-49(31,46)47)26-18-39-33(17-24(26)35(25)22(2)3)40-32-10-12-38-36(41-32)42-14-11-30(48-4)27(37)21-42/h5,10,12,16-18,22-23,27-28,30-31H,1,6-9,11,13-15,19-21H2,2-4H3,(H,38,39,40,41)/t27-,28+,30+,31-/m0/s1. The van der Waals surface area contributed by atoms with Crippen LogP contribution in [0.15, 0.2) is 43.2 Å². The van der Waals surface area contributed by atoms with Crippen LogP contribution in [0, 0.1) is 5.92 Å². The third-order valence-corrected chi connectivity index (χ3v) is 13.2. The van der Waals surface area contributed by atoms with Crippen molar-refractivity contribution in [1.29, 1.82) is 0 Å². The summed E-state index contributed by atoms with van der Waals surface area (Å²) < 4.78 is 45.4. The van der Waals surface area contributed by atoms with E-state index in [0.29, 0.717) is 50.2 Å². The van der Waals surface area contributed by atoms with Crippen molar-refractivity contribution in [2.24, 2.45) is 5.92 Å². The van der Waals surface area contributed by atoms with Gasteiger partial charge in [0.2, 0.25) is 11.9 Å². The summed E-state index contributed by atoms with van der Waals surface area (Å²) in [6.07, 6.45) is 7.19. The number of hydrogen-bond donors (Lipinski definition) is 1. The number of nitrogens with one attached hydrogen (secondary N) is 1. The summed E-state index contributed by atoms with van der Waals surface area (Å²) in [6.45, 7) is 10.9. The Kier molecular flexibility index (Phi) is 9.25. The summed E-state index contributed by atoms with van der Waals surface area (Å²) in [4.78, 5) is 33.0. The first-order chi connectivity index (χ1) is 23.6. The summed E-state index contributed by atoms with van der Waals surface area (Å²) in [5.41, 5.74) is 3.29. The molecule has 13 heteroatoms. The Bertz CT molecular complexity index is 1850. The van der Waals surface area contributed by atoms with E-state index in [0.717, 1.165) is 53.3 Å². The van der Waals surface area contributed by atoms with Crippen LogP contribution in [0.3, 0.4) is 0 Å². The number of piperidine rings is 1. The van der Waals surface area contributed by atoms with Crippen LogP contribution in [-0.2, 0) is 19.4 Å². The van der Waals surface area contributed by atoms with Gasteiger partial charge in [0.15, 0.2) is 9.84 Å². The van der Waals surface area contributed by atoms with Crippen molar-refractivity contribution in [3.63, 3.8) is 0 Å². The second kappa shape index (κ2) is 13.5. The van der Waals surface area contributed by atoms with Crippen molar-refractivity contribution < 1.29 is 22.3 Å². The van der Waals surface area contributed by atoms with Crippen LogP contribution in [0.25, 0.3) is 10.8 Å². The topological polar surface area (TPSA) is 121 Å². The second-order valence-electron chi connectivity index (χ2n) is 14.2. The molecule has 49 heavy (non-hydrogen) atoms. The number of alkyl halides is 1. The highest BCUT2D eigenvalue weighted by molar-refractivity contribution is 7.92. The van der Waals surface area contributed by atoms with Crippen molar-refractivity contribution >= 4 is 49.8 Å². The number of anilines is 4. The Balaban J connectivity index is 1.25. The number of methoxy groups -OCH3 is 1. The van der Waals surface area contributed by atoms with Crippen LogP contribution in [0.4, 0.5) is 27.7 Å². The largest absolute Gasteiger partial charge is 0.378 e. The fraction of sp³-hybridized carbons (Fsp3) is 0.556. The molecule has 0 radical (unpaired) electrons. The molecule has 4 aliphatic heterocycles. The van der Waals surface area contributed by atoms with Crippen molar-refractivity contribution in [2.75, 3.05) is 60.7 Å². The number of nitrogens with zero attached hydrogens (tertiary/aromatic N) is 6. The van der Waals surface area contributed by atoms with Gasteiger partial charge in [0.05, 0.1) is 29.7 Å². The third-order valence-electron chi connectivity index (χ3n) is 10.8. The van der Waals surface area contributed by atoms with Crippen LogP contribution in [0.5, 0.6) is 0 Å². The van der Waals surface area contributed by atoms with Gasteiger partial charge in [0.1, 0.15) is 17.8 Å². The molecule has 4 aliphatic rings. The quantitative estimate of drug-likeness (QED) is 0.296. The van der Waals surface area contributed by atoms with Gasteiger partial charge in [-0.2, -0.15) is 4.98 Å². The molecule has 11 nitrogen and oxygen atoms in total. The maximum Gasteiger partial charge on any atom is 0.246 e. The Hall–Kier alpha value is -3.84. The van der Waals surface area contributed by atoms with Crippen LogP contribution in [0.1, 0.15) is 69.0 Å². The van der Waals surface area contributed by atoms with E-state index in [1.165, 1.54) is 13.2 Å². The van der Waals surface area contributed by atoms with Gasteiger partial charge < -0.3 is 24.8 Å². The second-order valence-corrected chi connectivity index (χ2v) is 16.5. The first kappa shape index (κ1) is 33.6. The van der Waals surface area contributed by atoms with Gasteiger partial charge in [-0.05, 0) is 78.8 Å². The molecule has 0 saturated carbocycles. The summed E-state index contributed by atoms with van der Waals surface area (Å²) in [5.74, 6) is 2.06. The molecule has 262 valence electrons. The fourth-order valence-electron chi connectivity index (χ4n) is 8.38. The average Bonchev–Trinajstić information content (AvgIpc) is 3.69. The van der Waals surface area contributed by atoms with Crippen molar-refractivity contribution in [3.8, 4) is 0 Å². The van der Waals surface area contributed by atoms with Gasteiger partial charge >= 0.3 is 0 Å². The Morgan fingerprint density at radius 2 is 1.88 bits per heavy atom. The number of hydrogen-bond acceptors (Lipinski definition) is 10. The molecule has 0 unspecified atom stereocenters. The summed E-state index contributed by atoms with van der Waals surface area (Å²) in [6, 6.07) is 5.96. The Morgan fingerprint density at radius 1 is 1.06 bits per heavy atom. The van der Waals surface area contributed by atoms with Gasteiger partial charge in [0, 0.05) is 62.7 Å². The molecule has 2 aromatic heterocycles. The predicted octanol–water partition coefficient (Wildman–Crippen LogP) is 5.32. The number of rotatable bonds is 9. The molecule has 6 heterocycles. The molecular weight excluding hydrogens is 646 g/mol. The number of benzene rings is 1. The lowest BCUT2D eigenvalue weighted by atomic mass is 9.85. The summed E-state index contributed by atoms with van der Waals surface area (Å²) in [7, 11) is -1.51. The number of aromatic nitrogens is 3. The summed E-state index contributed by atoms with van der Waals surface area (Å²) >= 11 is 0. The van der Waals surface area contributed by atoms with Crippen LogP contribution in [-0.4, -0.2) is 97.3 Å². The van der Waals surface area contributed by atoms with Crippen LogP contribution in [0.2, 0.25) is 0 Å². The lowest BCUT2D eigenvalue weighted by Crippen LogP contribution is -2.53. The average molecular weight is 692 g/mol. The molecule has 1 aromatic carbocycles. The molecule has 0 bridgehead atoms. The van der Waals surface area contributed by atoms with Gasteiger partial charge in [-0.1, -0.05) is 20.4 Å². The van der Waals surface area contributed by atoms with E-state index in [2.05, 4.69) is 47.8 Å². The van der Waals surface area contributed by atoms with E-state index in [9.17, 15) is 17.6 Å². The first-order valence-electron chi connectivity index (χ1n) is 17.5. The molecular formula is C36H46FN7O4S. The van der Waals surface area contributed by atoms with Crippen LogP contribution >= 0.6 is 0 Å². The van der Waals surface area contributed by atoms with E-state index in [-0.39, 0.29) is 41.3 Å². The number of carbonyl (C=O) groups excluding carboxylic acids is 1. The Morgan fingerprint density at radius 3 is 2.57 bits per heavy atom. The smallest absolute Gasteiger partial charge is 0.246 e. The fourth-order valence-corrected chi connectivity index (χ4v) is 10.5. The SMILES string of the molecule is C=CC(=O)N1CCC[C@@H]1c1cc(N2CC([C@@H]3CCCS3(=O)=O)C2)c2cnc(Nc3ccnc(N4CC[C@@H](OC)[C@@H](F)C4)n3)cc2c1C(C)C. The number of halogens is 1. The zero-order valence-corrected chi connectivity index (χ0v) is 29.3. The van der Waals surface area contributed by atoms with Gasteiger partial charge in [-0.25, -0.2) is 22.8 Å².